The molecule has 0 fully saturated rings. The van der Waals surface area contributed by atoms with Crippen molar-refractivity contribution >= 4 is 16.8 Å². The van der Waals surface area contributed by atoms with Crippen molar-refractivity contribution in [1.82, 2.24) is 4.57 Å². The highest BCUT2D eigenvalue weighted by Crippen LogP contribution is 2.17. The number of para-hydroxylation sites is 1. The lowest BCUT2D eigenvalue weighted by molar-refractivity contribution is 1.01. The molecule has 1 heterocycles. The second-order valence-electron chi connectivity index (χ2n) is 4.34. The number of nitrogens with zero attached hydrogens (tertiary/aromatic N) is 1. The maximum absolute atomic E-state index is 12.6. The average Bonchev–Trinajstić information content (AvgIpc) is 2.48. The maximum atomic E-state index is 12.6. The van der Waals surface area contributed by atoms with E-state index < -0.39 is 0 Å². The van der Waals surface area contributed by atoms with Crippen LogP contribution in [0.15, 0.2) is 72.2 Å². The highest BCUT2D eigenvalue weighted by molar-refractivity contribution is 5.89. The lowest BCUT2D eigenvalue weighted by atomic mass is 10.1. The van der Waals surface area contributed by atoms with Crippen LogP contribution in [0.1, 0.15) is 5.56 Å². The molecule has 3 aromatic rings. The monoisotopic (exact) mass is 247 g/mol. The second kappa shape index (κ2) is 4.58. The first-order valence-corrected chi connectivity index (χ1v) is 6.13. The highest BCUT2D eigenvalue weighted by Gasteiger charge is 2.06. The highest BCUT2D eigenvalue weighted by atomic mass is 16.1. The number of fused-ring (bicyclic) bond motifs is 1. The van der Waals surface area contributed by atoms with Gasteiger partial charge >= 0.3 is 0 Å². The largest absolute Gasteiger partial charge is 0.284 e. The van der Waals surface area contributed by atoms with Gasteiger partial charge in [-0.25, -0.2) is 0 Å². The number of rotatable bonds is 2. The Hall–Kier alpha value is -2.61. The summed E-state index contributed by atoms with van der Waals surface area (Å²) in [6, 6.07) is 17.4. The maximum Gasteiger partial charge on any atom is 0.263 e. The van der Waals surface area contributed by atoms with Gasteiger partial charge in [0.2, 0.25) is 0 Å². The van der Waals surface area contributed by atoms with Crippen LogP contribution in [0.2, 0.25) is 0 Å². The molecule has 0 unspecified atom stereocenters. The van der Waals surface area contributed by atoms with Gasteiger partial charge in [0.05, 0.1) is 5.39 Å². The first kappa shape index (κ1) is 11.5. The molecular formula is C17H13NO. The van der Waals surface area contributed by atoms with E-state index >= 15 is 0 Å². The zero-order chi connectivity index (χ0) is 13.2. The average molecular weight is 247 g/mol. The van der Waals surface area contributed by atoms with E-state index in [1.807, 2.05) is 60.8 Å². The van der Waals surface area contributed by atoms with E-state index in [9.17, 15) is 4.79 Å². The summed E-state index contributed by atoms with van der Waals surface area (Å²) in [4.78, 5) is 12.6. The topological polar surface area (TPSA) is 22.0 Å². The van der Waals surface area contributed by atoms with Crippen molar-refractivity contribution in [2.75, 3.05) is 0 Å². The Kier molecular flexibility index (Phi) is 2.76. The molecule has 0 amide bonds. The zero-order valence-corrected chi connectivity index (χ0v) is 10.4. The summed E-state index contributed by atoms with van der Waals surface area (Å²) in [6.45, 7) is 3.78. The Morgan fingerprint density at radius 2 is 1.74 bits per heavy atom. The Balaban J connectivity index is 2.39. The standard InChI is InChI=1S/C17H13NO/c1-2-13-7-6-8-14-11-12-18(17(19)16(13)14)15-9-4-3-5-10-15/h2-12H,1H2. The third-order valence-corrected chi connectivity index (χ3v) is 3.22. The van der Waals surface area contributed by atoms with Gasteiger partial charge in [-0.1, -0.05) is 49.1 Å². The van der Waals surface area contributed by atoms with E-state index in [1.54, 1.807) is 10.6 Å². The summed E-state index contributed by atoms with van der Waals surface area (Å²) in [6.07, 6.45) is 3.53. The van der Waals surface area contributed by atoms with Crippen molar-refractivity contribution in [1.29, 1.82) is 0 Å². The van der Waals surface area contributed by atoms with Crippen molar-refractivity contribution in [2.24, 2.45) is 0 Å². The minimum Gasteiger partial charge on any atom is -0.284 e. The molecule has 2 heteroatoms. The first-order chi connectivity index (χ1) is 9.31. The SMILES string of the molecule is C=Cc1cccc2ccn(-c3ccccc3)c(=O)c12. The van der Waals surface area contributed by atoms with Gasteiger partial charge in [-0.05, 0) is 29.1 Å². The number of benzene rings is 2. The van der Waals surface area contributed by atoms with Gasteiger partial charge in [-0.15, -0.1) is 0 Å². The predicted octanol–water partition coefficient (Wildman–Crippen LogP) is 3.63. The van der Waals surface area contributed by atoms with Crippen LogP contribution in [0, 0.1) is 0 Å². The molecule has 0 spiro atoms. The zero-order valence-electron chi connectivity index (χ0n) is 10.4. The van der Waals surface area contributed by atoms with Crippen LogP contribution in [0.5, 0.6) is 0 Å². The van der Waals surface area contributed by atoms with Gasteiger partial charge in [0.25, 0.3) is 5.56 Å². The third-order valence-electron chi connectivity index (χ3n) is 3.22. The van der Waals surface area contributed by atoms with E-state index in [2.05, 4.69) is 6.58 Å². The van der Waals surface area contributed by atoms with Gasteiger partial charge in [0.15, 0.2) is 0 Å². The molecule has 0 N–H and O–H groups in total. The first-order valence-electron chi connectivity index (χ1n) is 6.13. The van der Waals surface area contributed by atoms with Gasteiger partial charge in [0, 0.05) is 11.9 Å². The van der Waals surface area contributed by atoms with Crippen LogP contribution in [0.3, 0.4) is 0 Å². The van der Waals surface area contributed by atoms with Crippen molar-refractivity contribution in [3.05, 3.63) is 83.3 Å². The van der Waals surface area contributed by atoms with Gasteiger partial charge < -0.3 is 0 Å². The van der Waals surface area contributed by atoms with Crippen LogP contribution in [-0.2, 0) is 0 Å². The van der Waals surface area contributed by atoms with E-state index in [0.29, 0.717) is 5.39 Å². The fourth-order valence-electron chi connectivity index (χ4n) is 2.28. The van der Waals surface area contributed by atoms with Gasteiger partial charge in [-0.3, -0.25) is 9.36 Å². The van der Waals surface area contributed by atoms with Crippen LogP contribution >= 0.6 is 0 Å². The normalized spacial score (nSPS) is 10.5. The molecule has 0 atom stereocenters. The summed E-state index contributed by atoms with van der Waals surface area (Å²) < 4.78 is 1.66. The number of hydrogen-bond acceptors (Lipinski definition) is 1. The van der Waals surface area contributed by atoms with Crippen molar-refractivity contribution in [2.45, 2.75) is 0 Å². The molecule has 0 saturated carbocycles. The molecule has 3 rings (SSSR count). The van der Waals surface area contributed by atoms with E-state index in [-0.39, 0.29) is 5.56 Å². The van der Waals surface area contributed by atoms with E-state index in [0.717, 1.165) is 16.6 Å². The molecule has 0 aliphatic carbocycles. The number of aromatic nitrogens is 1. The molecule has 2 aromatic carbocycles. The quantitative estimate of drug-likeness (QED) is 0.677. The Morgan fingerprint density at radius 3 is 2.47 bits per heavy atom. The lowest BCUT2D eigenvalue weighted by Crippen LogP contribution is -2.18. The van der Waals surface area contributed by atoms with Crippen LogP contribution in [-0.4, -0.2) is 4.57 Å². The molecule has 0 saturated heterocycles. The molecule has 0 aliphatic heterocycles. The minimum absolute atomic E-state index is 0.0146. The molecule has 19 heavy (non-hydrogen) atoms. The van der Waals surface area contributed by atoms with E-state index in [4.69, 9.17) is 0 Å². The molecule has 2 nitrogen and oxygen atoms in total. The summed E-state index contributed by atoms with van der Waals surface area (Å²) in [7, 11) is 0. The van der Waals surface area contributed by atoms with E-state index in [1.165, 1.54) is 0 Å². The molecular weight excluding hydrogens is 234 g/mol. The minimum atomic E-state index is -0.0146. The Bertz CT molecular complexity index is 800. The molecule has 1 aromatic heterocycles. The molecule has 0 bridgehead atoms. The third kappa shape index (κ3) is 1.87. The van der Waals surface area contributed by atoms with Gasteiger partial charge in [0.1, 0.15) is 0 Å². The smallest absolute Gasteiger partial charge is 0.263 e. The number of pyridine rings is 1. The van der Waals surface area contributed by atoms with Crippen molar-refractivity contribution < 1.29 is 0 Å². The van der Waals surface area contributed by atoms with Crippen LogP contribution in [0.4, 0.5) is 0 Å². The fraction of sp³-hybridized carbons (Fsp3) is 0. The fourth-order valence-corrected chi connectivity index (χ4v) is 2.28. The van der Waals surface area contributed by atoms with Gasteiger partial charge in [-0.2, -0.15) is 0 Å². The van der Waals surface area contributed by atoms with Crippen LogP contribution in [0.25, 0.3) is 22.5 Å². The molecule has 0 aliphatic rings. The summed E-state index contributed by atoms with van der Waals surface area (Å²) in [5.41, 5.74) is 1.72. The van der Waals surface area contributed by atoms with Crippen LogP contribution < -0.4 is 5.56 Å². The Morgan fingerprint density at radius 1 is 0.947 bits per heavy atom. The summed E-state index contributed by atoms with van der Waals surface area (Å²) >= 11 is 0. The summed E-state index contributed by atoms with van der Waals surface area (Å²) in [5.74, 6) is 0. The Labute approximate surface area is 111 Å². The second-order valence-corrected chi connectivity index (χ2v) is 4.34. The van der Waals surface area contributed by atoms with Crippen molar-refractivity contribution in [3.63, 3.8) is 0 Å². The number of hydrogen-bond donors (Lipinski definition) is 0. The predicted molar refractivity (Wildman–Crippen MR) is 79.6 cm³/mol. The molecule has 0 radical (unpaired) electrons. The lowest BCUT2D eigenvalue weighted by Gasteiger charge is -2.08. The van der Waals surface area contributed by atoms with Crippen molar-refractivity contribution in [3.8, 4) is 5.69 Å². The molecule has 92 valence electrons. The summed E-state index contributed by atoms with van der Waals surface area (Å²) in [5, 5.41) is 1.65.